The first-order chi connectivity index (χ1) is 13.6. The number of carbonyl (C=O) groups is 2. The van der Waals surface area contributed by atoms with Crippen molar-refractivity contribution in [1.82, 2.24) is 10.2 Å². The van der Waals surface area contributed by atoms with Gasteiger partial charge in [0.2, 0.25) is 5.91 Å². The van der Waals surface area contributed by atoms with E-state index in [1.54, 1.807) is 29.2 Å². The van der Waals surface area contributed by atoms with E-state index in [-0.39, 0.29) is 18.4 Å². The van der Waals surface area contributed by atoms with Crippen LogP contribution >= 0.6 is 0 Å². The van der Waals surface area contributed by atoms with E-state index in [4.69, 9.17) is 14.2 Å². The minimum Gasteiger partial charge on any atom is -0.496 e. The normalized spacial score (nSPS) is 20.6. The van der Waals surface area contributed by atoms with Gasteiger partial charge in [-0.2, -0.15) is 0 Å². The number of hydrogen-bond acceptors (Lipinski definition) is 5. The summed E-state index contributed by atoms with van der Waals surface area (Å²) in [6.07, 6.45) is 6.03. The second-order valence-corrected chi connectivity index (χ2v) is 7.08. The van der Waals surface area contributed by atoms with Gasteiger partial charge < -0.3 is 19.5 Å². The van der Waals surface area contributed by atoms with Gasteiger partial charge in [-0.05, 0) is 37.8 Å². The third-order valence-corrected chi connectivity index (χ3v) is 5.48. The number of hydrogen-bond donors (Lipinski definition) is 1. The van der Waals surface area contributed by atoms with Gasteiger partial charge in [-0.15, -0.1) is 6.58 Å². The Labute approximate surface area is 165 Å². The molecule has 1 aromatic carbocycles. The third kappa shape index (κ3) is 3.58. The molecule has 1 heterocycles. The Bertz CT molecular complexity index is 720. The lowest BCUT2D eigenvalue weighted by molar-refractivity contribution is -0.127. The van der Waals surface area contributed by atoms with Crippen LogP contribution in [0.15, 0.2) is 30.9 Å². The van der Waals surface area contributed by atoms with Crippen molar-refractivity contribution in [3.8, 4) is 11.5 Å². The van der Waals surface area contributed by atoms with Crippen LogP contribution in [0, 0.1) is 0 Å². The summed E-state index contributed by atoms with van der Waals surface area (Å²) in [5.41, 5.74) is -0.457. The highest BCUT2D eigenvalue weighted by atomic mass is 16.5. The van der Waals surface area contributed by atoms with E-state index < -0.39 is 11.8 Å². The molecule has 1 aliphatic carbocycles. The molecule has 1 aliphatic heterocycles. The number of rotatable bonds is 6. The Balaban J connectivity index is 2.03. The second-order valence-electron chi connectivity index (χ2n) is 7.08. The predicted molar refractivity (Wildman–Crippen MR) is 104 cm³/mol. The first-order valence-corrected chi connectivity index (χ1v) is 9.65. The second kappa shape index (κ2) is 8.65. The minimum atomic E-state index is -0.766. The smallest absolute Gasteiger partial charge is 0.264 e. The highest BCUT2D eigenvalue weighted by Crippen LogP contribution is 2.43. The van der Waals surface area contributed by atoms with E-state index in [9.17, 15) is 9.59 Å². The van der Waals surface area contributed by atoms with E-state index in [1.165, 1.54) is 14.2 Å². The monoisotopic (exact) mass is 388 g/mol. The van der Waals surface area contributed by atoms with E-state index in [2.05, 4.69) is 11.9 Å². The molecule has 7 nitrogen and oxygen atoms in total. The maximum atomic E-state index is 13.8. The lowest BCUT2D eigenvalue weighted by Crippen LogP contribution is -2.56. The van der Waals surface area contributed by atoms with E-state index in [0.717, 1.165) is 19.3 Å². The molecule has 152 valence electrons. The van der Waals surface area contributed by atoms with Crippen LogP contribution < -0.4 is 14.8 Å². The van der Waals surface area contributed by atoms with Crippen molar-refractivity contribution in [2.24, 2.45) is 0 Å². The molecule has 7 heteroatoms. The van der Waals surface area contributed by atoms with Crippen LogP contribution in [0.2, 0.25) is 0 Å². The van der Waals surface area contributed by atoms with E-state index in [1.807, 2.05) is 0 Å². The number of nitrogens with one attached hydrogen (secondary N) is 1. The van der Waals surface area contributed by atoms with E-state index in [0.29, 0.717) is 36.4 Å². The highest BCUT2D eigenvalue weighted by Gasteiger charge is 2.53. The quantitative estimate of drug-likeness (QED) is 0.758. The molecule has 0 bridgehead atoms. The van der Waals surface area contributed by atoms with Crippen molar-refractivity contribution in [1.29, 1.82) is 0 Å². The summed E-state index contributed by atoms with van der Waals surface area (Å²) in [5, 5.41) is 2.80. The Kier molecular flexibility index (Phi) is 6.24. The van der Waals surface area contributed by atoms with Gasteiger partial charge in [0.05, 0.1) is 20.8 Å². The SMILES string of the molecule is C=CCNC(=O)C1COC2(CCCCC2)N1C(=O)c1c(OC)cccc1OC. The van der Waals surface area contributed by atoms with Crippen LogP contribution in [0.3, 0.4) is 0 Å². The molecule has 1 unspecified atom stereocenters. The van der Waals surface area contributed by atoms with Crippen LogP contribution in [0.1, 0.15) is 42.5 Å². The summed E-state index contributed by atoms with van der Waals surface area (Å²) in [5.74, 6) is 0.261. The van der Waals surface area contributed by atoms with Gasteiger partial charge in [-0.3, -0.25) is 14.5 Å². The molecule has 1 saturated carbocycles. The maximum Gasteiger partial charge on any atom is 0.264 e. The lowest BCUT2D eigenvalue weighted by Gasteiger charge is -2.41. The van der Waals surface area contributed by atoms with Crippen molar-refractivity contribution in [3.05, 3.63) is 36.4 Å². The average Bonchev–Trinajstić information content (AvgIpc) is 3.09. The van der Waals surface area contributed by atoms with Crippen LogP contribution in [0.5, 0.6) is 11.5 Å². The number of nitrogens with zero attached hydrogens (tertiary/aromatic N) is 1. The van der Waals surface area contributed by atoms with Crippen molar-refractivity contribution in [3.63, 3.8) is 0 Å². The third-order valence-electron chi connectivity index (χ3n) is 5.48. The molecule has 0 aromatic heterocycles. The Morgan fingerprint density at radius 1 is 1.25 bits per heavy atom. The molecule has 1 atom stereocenters. The van der Waals surface area contributed by atoms with Crippen LogP contribution in [-0.4, -0.2) is 55.9 Å². The summed E-state index contributed by atoms with van der Waals surface area (Å²) in [6, 6.07) is 4.49. The molecule has 28 heavy (non-hydrogen) atoms. The van der Waals surface area contributed by atoms with Gasteiger partial charge in [0, 0.05) is 6.54 Å². The van der Waals surface area contributed by atoms with Crippen molar-refractivity contribution >= 4 is 11.8 Å². The number of carbonyl (C=O) groups excluding carboxylic acids is 2. The number of ether oxygens (including phenoxy) is 3. The molecular formula is C21H28N2O5. The summed E-state index contributed by atoms with van der Waals surface area (Å²) in [6.45, 7) is 4.14. The number of benzene rings is 1. The van der Waals surface area contributed by atoms with Gasteiger partial charge in [0.1, 0.15) is 28.8 Å². The fourth-order valence-corrected chi connectivity index (χ4v) is 4.14. The van der Waals surface area contributed by atoms with Crippen molar-refractivity contribution in [2.75, 3.05) is 27.4 Å². The Morgan fingerprint density at radius 2 is 1.89 bits per heavy atom. The van der Waals surface area contributed by atoms with Crippen molar-refractivity contribution < 1.29 is 23.8 Å². The molecule has 1 N–H and O–H groups in total. The standard InChI is InChI=1S/C21H28N2O5/c1-4-13-22-19(24)15-14-28-21(11-6-5-7-12-21)23(15)20(25)18-16(26-2)9-8-10-17(18)27-3/h4,8-10,15H,1,5-7,11-14H2,2-3H3,(H,22,24). The number of amides is 2. The van der Waals surface area contributed by atoms with Crippen molar-refractivity contribution in [2.45, 2.75) is 43.9 Å². The molecular weight excluding hydrogens is 360 g/mol. The fourth-order valence-electron chi connectivity index (χ4n) is 4.14. The maximum absolute atomic E-state index is 13.8. The highest BCUT2D eigenvalue weighted by molar-refractivity contribution is 6.02. The zero-order chi connectivity index (χ0) is 20.1. The molecule has 0 radical (unpaired) electrons. The Morgan fingerprint density at radius 3 is 2.46 bits per heavy atom. The topological polar surface area (TPSA) is 77.1 Å². The number of methoxy groups -OCH3 is 2. The molecule has 3 rings (SSSR count). The molecule has 2 amide bonds. The summed E-state index contributed by atoms with van der Waals surface area (Å²) < 4.78 is 17.0. The largest absolute Gasteiger partial charge is 0.496 e. The molecule has 1 aromatic rings. The zero-order valence-electron chi connectivity index (χ0n) is 16.5. The van der Waals surface area contributed by atoms with Gasteiger partial charge in [0.15, 0.2) is 0 Å². The first-order valence-electron chi connectivity index (χ1n) is 9.65. The van der Waals surface area contributed by atoms with E-state index >= 15 is 0 Å². The average molecular weight is 388 g/mol. The first kappa shape index (κ1) is 20.2. The van der Waals surface area contributed by atoms with Gasteiger partial charge >= 0.3 is 0 Å². The van der Waals surface area contributed by atoms with Crippen LogP contribution in [0.25, 0.3) is 0 Å². The molecule has 2 aliphatic rings. The van der Waals surface area contributed by atoms with Crippen LogP contribution in [0.4, 0.5) is 0 Å². The zero-order valence-corrected chi connectivity index (χ0v) is 16.5. The fraction of sp³-hybridized carbons (Fsp3) is 0.524. The predicted octanol–water partition coefficient (Wildman–Crippen LogP) is 2.51. The lowest BCUT2D eigenvalue weighted by atomic mass is 9.89. The Hall–Kier alpha value is -2.54. The summed E-state index contributed by atoms with van der Waals surface area (Å²) in [4.78, 5) is 28.2. The molecule has 1 saturated heterocycles. The molecule has 1 spiro atoms. The molecule has 2 fully saturated rings. The summed E-state index contributed by atoms with van der Waals surface area (Å²) in [7, 11) is 3.02. The van der Waals surface area contributed by atoms with Crippen LogP contribution in [-0.2, 0) is 9.53 Å². The van der Waals surface area contributed by atoms with Gasteiger partial charge in [-0.1, -0.05) is 18.6 Å². The minimum absolute atomic E-state index is 0.173. The summed E-state index contributed by atoms with van der Waals surface area (Å²) >= 11 is 0. The van der Waals surface area contributed by atoms with Gasteiger partial charge in [-0.25, -0.2) is 0 Å². The van der Waals surface area contributed by atoms with Gasteiger partial charge in [0.25, 0.3) is 5.91 Å².